The molecule has 0 spiro atoms. The highest BCUT2D eigenvalue weighted by molar-refractivity contribution is 5.81. The molecule has 1 saturated heterocycles. The summed E-state index contributed by atoms with van der Waals surface area (Å²) in [7, 11) is 0. The van der Waals surface area contributed by atoms with Gasteiger partial charge in [-0.25, -0.2) is 4.39 Å². The number of carbonyl (C=O) groups excluding carboxylic acids is 3. The molecule has 146 valence electrons. The molecule has 6 nitrogen and oxygen atoms in total. The molecule has 27 heavy (non-hydrogen) atoms. The third-order valence-corrected chi connectivity index (χ3v) is 5.60. The van der Waals surface area contributed by atoms with Gasteiger partial charge in [-0.3, -0.25) is 14.4 Å². The Hall–Kier alpha value is -2.44. The predicted octanol–water partition coefficient (Wildman–Crippen LogP) is 1.55. The maximum atomic E-state index is 12.9. The number of halogens is 1. The van der Waals surface area contributed by atoms with Gasteiger partial charge < -0.3 is 15.1 Å². The van der Waals surface area contributed by atoms with Gasteiger partial charge in [-0.1, -0.05) is 12.1 Å². The lowest BCUT2D eigenvalue weighted by Gasteiger charge is -2.36. The number of piperazine rings is 1. The van der Waals surface area contributed by atoms with Gasteiger partial charge >= 0.3 is 0 Å². The van der Waals surface area contributed by atoms with Crippen LogP contribution in [0.2, 0.25) is 0 Å². The lowest BCUT2D eigenvalue weighted by Crippen LogP contribution is -2.50. The molecular weight excluding hydrogens is 349 g/mol. The summed E-state index contributed by atoms with van der Waals surface area (Å²) in [6, 6.07) is 6.09. The number of hydrogen-bond donors (Lipinski definition) is 1. The minimum atomic E-state index is -0.291. The van der Waals surface area contributed by atoms with Crippen LogP contribution < -0.4 is 5.32 Å². The fourth-order valence-corrected chi connectivity index (χ4v) is 3.84. The largest absolute Gasteiger partial charge is 0.352 e. The van der Waals surface area contributed by atoms with Crippen LogP contribution >= 0.6 is 0 Å². The summed E-state index contributed by atoms with van der Waals surface area (Å²) in [6.45, 7) is 2.76. The minimum absolute atomic E-state index is 0.00446. The Kier molecular flexibility index (Phi) is 6.42. The predicted molar refractivity (Wildman–Crippen MR) is 97.9 cm³/mol. The van der Waals surface area contributed by atoms with Gasteiger partial charge in [0.25, 0.3) is 0 Å². The summed E-state index contributed by atoms with van der Waals surface area (Å²) in [6.07, 6.45) is 3.69. The third kappa shape index (κ3) is 5.05. The molecule has 0 radical (unpaired) electrons. The van der Waals surface area contributed by atoms with E-state index in [0.29, 0.717) is 45.6 Å². The quantitative estimate of drug-likeness (QED) is 0.794. The molecule has 3 amide bonds. The van der Waals surface area contributed by atoms with Gasteiger partial charge in [-0.05, 0) is 43.4 Å². The van der Waals surface area contributed by atoms with Crippen LogP contribution in [0.1, 0.15) is 31.2 Å². The number of amides is 3. The van der Waals surface area contributed by atoms with E-state index in [4.69, 9.17) is 0 Å². The minimum Gasteiger partial charge on any atom is -0.352 e. The molecule has 1 aromatic carbocycles. The maximum Gasteiger partial charge on any atom is 0.225 e. The van der Waals surface area contributed by atoms with Gasteiger partial charge in [0, 0.05) is 44.6 Å². The molecule has 1 aromatic rings. The Labute approximate surface area is 158 Å². The second-order valence-corrected chi connectivity index (χ2v) is 7.36. The number of rotatable bonds is 5. The fraction of sp³-hybridized carbons (Fsp3) is 0.550. The van der Waals surface area contributed by atoms with E-state index in [2.05, 4.69) is 5.32 Å². The summed E-state index contributed by atoms with van der Waals surface area (Å²) in [5.41, 5.74) is 0.864. The van der Waals surface area contributed by atoms with E-state index in [0.717, 1.165) is 24.8 Å². The van der Waals surface area contributed by atoms with Crippen LogP contribution in [-0.2, 0) is 20.9 Å². The molecule has 1 saturated carbocycles. The van der Waals surface area contributed by atoms with Crippen molar-refractivity contribution in [3.63, 3.8) is 0 Å². The third-order valence-electron chi connectivity index (χ3n) is 5.60. The van der Waals surface area contributed by atoms with Crippen LogP contribution in [0.4, 0.5) is 4.39 Å². The monoisotopic (exact) mass is 375 g/mol. The summed E-state index contributed by atoms with van der Waals surface area (Å²) < 4.78 is 12.9. The van der Waals surface area contributed by atoms with Gasteiger partial charge in [0.2, 0.25) is 18.2 Å². The average molecular weight is 375 g/mol. The first-order valence-electron chi connectivity index (χ1n) is 9.57. The number of benzene rings is 1. The zero-order valence-electron chi connectivity index (χ0n) is 15.4. The normalized spacial score (nSPS) is 23.0. The second-order valence-electron chi connectivity index (χ2n) is 7.36. The fourth-order valence-electron chi connectivity index (χ4n) is 3.84. The van der Waals surface area contributed by atoms with Crippen molar-refractivity contribution in [2.75, 3.05) is 26.2 Å². The molecule has 1 aliphatic carbocycles. The Morgan fingerprint density at radius 3 is 2.19 bits per heavy atom. The van der Waals surface area contributed by atoms with E-state index < -0.39 is 0 Å². The van der Waals surface area contributed by atoms with Crippen molar-refractivity contribution in [3.8, 4) is 0 Å². The van der Waals surface area contributed by atoms with E-state index in [1.165, 1.54) is 12.1 Å². The summed E-state index contributed by atoms with van der Waals surface area (Å²) in [4.78, 5) is 39.3. The highest BCUT2D eigenvalue weighted by Crippen LogP contribution is 2.30. The molecule has 0 bridgehead atoms. The molecule has 2 fully saturated rings. The van der Waals surface area contributed by atoms with Gasteiger partial charge in [-0.15, -0.1) is 0 Å². The van der Waals surface area contributed by atoms with Crippen molar-refractivity contribution in [1.29, 1.82) is 0 Å². The first-order chi connectivity index (χ1) is 13.1. The lowest BCUT2D eigenvalue weighted by atomic mass is 9.80. The SMILES string of the molecule is O=CN1CCN(C(=O)C2CCC(C(=O)NCc3ccc(F)cc3)CC2)CC1. The van der Waals surface area contributed by atoms with E-state index in [1.807, 2.05) is 4.90 Å². The molecule has 1 heterocycles. The van der Waals surface area contributed by atoms with E-state index in [-0.39, 0.29) is 29.5 Å². The van der Waals surface area contributed by atoms with E-state index >= 15 is 0 Å². The van der Waals surface area contributed by atoms with E-state index in [9.17, 15) is 18.8 Å². The van der Waals surface area contributed by atoms with Crippen molar-refractivity contribution in [2.45, 2.75) is 32.2 Å². The Balaban J connectivity index is 1.41. The number of carbonyl (C=O) groups is 3. The Morgan fingerprint density at radius 1 is 1.00 bits per heavy atom. The molecule has 1 N–H and O–H groups in total. The molecule has 0 atom stereocenters. The summed E-state index contributed by atoms with van der Waals surface area (Å²) >= 11 is 0. The molecule has 2 aliphatic rings. The molecule has 3 rings (SSSR count). The summed E-state index contributed by atoms with van der Waals surface area (Å²) in [5, 5.41) is 2.91. The zero-order chi connectivity index (χ0) is 19.2. The van der Waals surface area contributed by atoms with Gasteiger partial charge in [0.15, 0.2) is 0 Å². The van der Waals surface area contributed by atoms with E-state index in [1.54, 1.807) is 17.0 Å². The Bertz CT molecular complexity index is 664. The smallest absolute Gasteiger partial charge is 0.225 e. The van der Waals surface area contributed by atoms with Crippen molar-refractivity contribution in [1.82, 2.24) is 15.1 Å². The second kappa shape index (κ2) is 8.97. The van der Waals surface area contributed by atoms with Crippen molar-refractivity contribution in [3.05, 3.63) is 35.6 Å². The Morgan fingerprint density at radius 2 is 1.59 bits per heavy atom. The number of hydrogen-bond acceptors (Lipinski definition) is 3. The van der Waals surface area contributed by atoms with Crippen LogP contribution in [0.15, 0.2) is 24.3 Å². The first kappa shape index (κ1) is 19.3. The molecule has 0 aromatic heterocycles. The van der Waals surface area contributed by atoms with Crippen LogP contribution in [-0.4, -0.2) is 54.2 Å². The number of nitrogens with one attached hydrogen (secondary N) is 1. The van der Waals surface area contributed by atoms with Crippen molar-refractivity contribution < 1.29 is 18.8 Å². The van der Waals surface area contributed by atoms with Crippen LogP contribution in [0.25, 0.3) is 0 Å². The van der Waals surface area contributed by atoms with Crippen LogP contribution in [0.5, 0.6) is 0 Å². The highest BCUT2D eigenvalue weighted by atomic mass is 19.1. The van der Waals surface area contributed by atoms with Crippen LogP contribution in [0, 0.1) is 17.7 Å². The zero-order valence-corrected chi connectivity index (χ0v) is 15.4. The molecular formula is C20H26FN3O3. The first-order valence-corrected chi connectivity index (χ1v) is 9.57. The van der Waals surface area contributed by atoms with Crippen molar-refractivity contribution >= 4 is 18.2 Å². The standard InChI is InChI=1S/C20H26FN3O3/c21-18-7-1-15(2-8-18)13-22-19(26)16-3-5-17(6-4-16)20(27)24-11-9-23(14-25)10-12-24/h1-2,7-8,14,16-17H,3-6,9-13H2,(H,22,26). The summed E-state index contributed by atoms with van der Waals surface area (Å²) in [5.74, 6) is -0.216. The molecule has 1 aliphatic heterocycles. The van der Waals surface area contributed by atoms with Crippen molar-refractivity contribution in [2.24, 2.45) is 11.8 Å². The van der Waals surface area contributed by atoms with Gasteiger partial charge in [0.1, 0.15) is 5.82 Å². The van der Waals surface area contributed by atoms with Crippen LogP contribution in [0.3, 0.4) is 0 Å². The molecule has 7 heteroatoms. The lowest BCUT2D eigenvalue weighted by molar-refractivity contribution is -0.141. The molecule has 0 unspecified atom stereocenters. The van der Waals surface area contributed by atoms with Gasteiger partial charge in [-0.2, -0.15) is 0 Å². The highest BCUT2D eigenvalue weighted by Gasteiger charge is 2.33. The van der Waals surface area contributed by atoms with Gasteiger partial charge in [0.05, 0.1) is 0 Å². The topological polar surface area (TPSA) is 69.7 Å². The average Bonchev–Trinajstić information content (AvgIpc) is 2.73. The maximum absolute atomic E-state index is 12.9. The number of nitrogens with zero attached hydrogens (tertiary/aromatic N) is 2.